The van der Waals surface area contributed by atoms with Gasteiger partial charge in [-0.25, -0.2) is 4.68 Å². The molecule has 0 unspecified atom stereocenters. The fourth-order valence-corrected chi connectivity index (χ4v) is 2.96. The molecule has 1 heterocycles. The minimum atomic E-state index is 0.0389. The van der Waals surface area contributed by atoms with E-state index in [1.165, 1.54) is 11.3 Å². The van der Waals surface area contributed by atoms with Crippen molar-refractivity contribution < 1.29 is 0 Å². The first-order chi connectivity index (χ1) is 8.95. The topological polar surface area (TPSA) is 43.8 Å². The van der Waals surface area contributed by atoms with E-state index >= 15 is 0 Å². The van der Waals surface area contributed by atoms with Gasteiger partial charge in [0.25, 0.3) is 0 Å². The molecule has 0 fully saturated rings. The number of halogens is 1. The van der Waals surface area contributed by atoms with Gasteiger partial charge in [0.15, 0.2) is 0 Å². The van der Waals surface area contributed by atoms with Gasteiger partial charge in [-0.2, -0.15) is 5.10 Å². The second kappa shape index (κ2) is 5.47. The molecule has 19 heavy (non-hydrogen) atoms. The largest absolute Gasteiger partial charge is 0.324 e. The van der Waals surface area contributed by atoms with Gasteiger partial charge < -0.3 is 5.73 Å². The molecule has 1 aromatic heterocycles. The van der Waals surface area contributed by atoms with Gasteiger partial charge in [0.2, 0.25) is 0 Å². The van der Waals surface area contributed by atoms with Gasteiger partial charge in [-0.15, -0.1) is 0 Å². The van der Waals surface area contributed by atoms with Gasteiger partial charge in [-0.1, -0.05) is 13.0 Å². The Morgan fingerprint density at radius 3 is 2.53 bits per heavy atom. The van der Waals surface area contributed by atoms with Crippen molar-refractivity contribution in [1.29, 1.82) is 0 Å². The highest BCUT2D eigenvalue weighted by molar-refractivity contribution is 9.10. The average molecular weight is 322 g/mol. The molecule has 0 amide bonds. The van der Waals surface area contributed by atoms with Crippen molar-refractivity contribution in [3.63, 3.8) is 0 Å². The summed E-state index contributed by atoms with van der Waals surface area (Å²) in [5, 5.41) is 4.64. The van der Waals surface area contributed by atoms with Crippen molar-refractivity contribution in [2.24, 2.45) is 5.73 Å². The van der Waals surface area contributed by atoms with Crippen LogP contribution < -0.4 is 5.73 Å². The summed E-state index contributed by atoms with van der Waals surface area (Å²) < 4.78 is 3.03. The molecule has 0 bridgehead atoms. The van der Waals surface area contributed by atoms with Crippen LogP contribution in [0.25, 0.3) is 5.69 Å². The maximum Gasteiger partial charge on any atom is 0.0791 e. The predicted octanol–water partition coefficient (Wildman–Crippen LogP) is 3.83. The van der Waals surface area contributed by atoms with E-state index in [1.807, 2.05) is 11.6 Å². The Balaban J connectivity index is 2.54. The number of aromatic nitrogens is 2. The molecular weight excluding hydrogens is 302 g/mol. The van der Waals surface area contributed by atoms with Gasteiger partial charge >= 0.3 is 0 Å². The van der Waals surface area contributed by atoms with Crippen molar-refractivity contribution in [3.8, 4) is 5.69 Å². The van der Waals surface area contributed by atoms with Crippen LogP contribution in [0.2, 0.25) is 0 Å². The maximum atomic E-state index is 5.91. The van der Waals surface area contributed by atoms with Crippen molar-refractivity contribution in [2.45, 2.75) is 40.2 Å². The minimum absolute atomic E-state index is 0.0389. The Hall–Kier alpha value is -1.13. The number of nitrogens with two attached hydrogens (primary N) is 1. The normalized spacial score (nSPS) is 12.7. The van der Waals surface area contributed by atoms with Crippen LogP contribution in [0.5, 0.6) is 0 Å². The molecule has 4 heteroatoms. The summed E-state index contributed by atoms with van der Waals surface area (Å²) >= 11 is 3.63. The van der Waals surface area contributed by atoms with E-state index in [-0.39, 0.29) is 6.04 Å². The highest BCUT2D eigenvalue weighted by atomic mass is 79.9. The molecule has 0 radical (unpaired) electrons. The number of nitrogens with zero attached hydrogens (tertiary/aromatic N) is 2. The van der Waals surface area contributed by atoms with Crippen molar-refractivity contribution in [3.05, 3.63) is 45.2 Å². The van der Waals surface area contributed by atoms with Crippen LogP contribution in [-0.4, -0.2) is 9.78 Å². The Morgan fingerprint density at radius 1 is 1.37 bits per heavy atom. The Labute approximate surface area is 122 Å². The summed E-state index contributed by atoms with van der Waals surface area (Å²) in [7, 11) is 0. The van der Waals surface area contributed by atoms with Crippen LogP contribution in [0.1, 0.15) is 42.4 Å². The quantitative estimate of drug-likeness (QED) is 0.933. The lowest BCUT2D eigenvalue weighted by molar-refractivity contribution is 0.804. The monoisotopic (exact) mass is 321 g/mol. The second-order valence-corrected chi connectivity index (χ2v) is 5.77. The standard InChI is InChI=1S/C15H20BrN3/c1-5-13-10(3)18-19(11(13)4)15-7-6-12(9(2)17)8-14(15)16/h6-9H,5,17H2,1-4H3/t9-/m1/s1. The number of benzene rings is 1. The van der Waals surface area contributed by atoms with Gasteiger partial charge in [-0.3, -0.25) is 0 Å². The summed E-state index contributed by atoms with van der Waals surface area (Å²) in [6.07, 6.45) is 1.01. The molecule has 2 N–H and O–H groups in total. The van der Waals surface area contributed by atoms with Gasteiger partial charge in [0, 0.05) is 16.2 Å². The van der Waals surface area contributed by atoms with Crippen molar-refractivity contribution >= 4 is 15.9 Å². The molecule has 2 rings (SSSR count). The number of rotatable bonds is 3. The van der Waals surface area contributed by atoms with E-state index in [1.54, 1.807) is 0 Å². The van der Waals surface area contributed by atoms with Gasteiger partial charge in [0.05, 0.1) is 11.4 Å². The van der Waals surface area contributed by atoms with Crippen LogP contribution >= 0.6 is 15.9 Å². The summed E-state index contributed by atoms with van der Waals surface area (Å²) in [6, 6.07) is 6.24. The second-order valence-electron chi connectivity index (χ2n) is 4.91. The zero-order chi connectivity index (χ0) is 14.2. The lowest BCUT2D eigenvalue weighted by atomic mass is 10.1. The van der Waals surface area contributed by atoms with Crippen LogP contribution in [-0.2, 0) is 6.42 Å². The molecule has 0 aliphatic rings. The van der Waals surface area contributed by atoms with E-state index < -0.39 is 0 Å². The van der Waals surface area contributed by atoms with Gasteiger partial charge in [-0.05, 0) is 66.4 Å². The molecule has 0 aliphatic heterocycles. The Bertz CT molecular complexity index is 600. The molecule has 2 aromatic rings. The smallest absolute Gasteiger partial charge is 0.0791 e. The molecule has 0 aliphatic carbocycles. The third-order valence-corrected chi connectivity index (χ3v) is 4.16. The summed E-state index contributed by atoms with van der Waals surface area (Å²) in [5.41, 5.74) is 11.7. The van der Waals surface area contributed by atoms with E-state index in [2.05, 4.69) is 60.0 Å². The summed E-state index contributed by atoms with van der Waals surface area (Å²) in [5.74, 6) is 0. The minimum Gasteiger partial charge on any atom is -0.324 e. The Morgan fingerprint density at radius 2 is 2.05 bits per heavy atom. The number of hydrogen-bond acceptors (Lipinski definition) is 2. The predicted molar refractivity (Wildman–Crippen MR) is 82.7 cm³/mol. The first-order valence-electron chi connectivity index (χ1n) is 6.56. The molecule has 0 spiro atoms. The number of hydrogen-bond donors (Lipinski definition) is 1. The van der Waals surface area contributed by atoms with Crippen LogP contribution in [0.15, 0.2) is 22.7 Å². The summed E-state index contributed by atoms with van der Waals surface area (Å²) in [4.78, 5) is 0. The highest BCUT2D eigenvalue weighted by Gasteiger charge is 2.13. The summed E-state index contributed by atoms with van der Waals surface area (Å²) in [6.45, 7) is 8.33. The lowest BCUT2D eigenvalue weighted by Crippen LogP contribution is -2.06. The van der Waals surface area contributed by atoms with Crippen LogP contribution in [0.4, 0.5) is 0 Å². The van der Waals surface area contributed by atoms with E-state index in [0.29, 0.717) is 0 Å². The van der Waals surface area contributed by atoms with Crippen LogP contribution in [0.3, 0.4) is 0 Å². The first-order valence-corrected chi connectivity index (χ1v) is 7.35. The molecule has 102 valence electrons. The molecule has 1 aromatic carbocycles. The fraction of sp³-hybridized carbons (Fsp3) is 0.400. The lowest BCUT2D eigenvalue weighted by Gasteiger charge is -2.11. The molecule has 0 saturated carbocycles. The fourth-order valence-electron chi connectivity index (χ4n) is 2.40. The average Bonchev–Trinajstić information content (AvgIpc) is 2.64. The molecular formula is C15H20BrN3. The molecule has 3 nitrogen and oxygen atoms in total. The highest BCUT2D eigenvalue weighted by Crippen LogP contribution is 2.27. The molecule has 1 atom stereocenters. The first kappa shape index (κ1) is 14.3. The van der Waals surface area contributed by atoms with Crippen molar-refractivity contribution in [1.82, 2.24) is 9.78 Å². The van der Waals surface area contributed by atoms with Crippen molar-refractivity contribution in [2.75, 3.05) is 0 Å². The van der Waals surface area contributed by atoms with Gasteiger partial charge in [0.1, 0.15) is 0 Å². The Kier molecular flexibility index (Phi) is 4.11. The maximum absolute atomic E-state index is 5.91. The third-order valence-electron chi connectivity index (χ3n) is 3.52. The number of aryl methyl sites for hydroxylation is 1. The SMILES string of the molecule is CCc1c(C)nn(-c2ccc([C@@H](C)N)cc2Br)c1C. The van der Waals surface area contributed by atoms with Crippen LogP contribution in [0, 0.1) is 13.8 Å². The van der Waals surface area contributed by atoms with E-state index in [0.717, 1.165) is 27.8 Å². The van der Waals surface area contributed by atoms with E-state index in [9.17, 15) is 0 Å². The zero-order valence-corrected chi connectivity index (χ0v) is 13.5. The molecule has 0 saturated heterocycles. The zero-order valence-electron chi connectivity index (χ0n) is 11.9. The van der Waals surface area contributed by atoms with E-state index in [4.69, 9.17) is 5.73 Å². The third kappa shape index (κ3) is 2.60.